The Hall–Kier alpha value is -1.38. The van der Waals surface area contributed by atoms with Crippen LogP contribution in [0.3, 0.4) is 0 Å². The highest BCUT2D eigenvalue weighted by Gasteiger charge is 2.14. The highest BCUT2D eigenvalue weighted by molar-refractivity contribution is 6.31. The van der Waals surface area contributed by atoms with Crippen LogP contribution in [0.1, 0.15) is 28.3 Å². The molecular weight excluding hydrogens is 249 g/mol. The molecule has 18 heavy (non-hydrogen) atoms. The average molecular weight is 264 g/mol. The number of rotatable bonds is 2. The van der Waals surface area contributed by atoms with Gasteiger partial charge in [-0.3, -0.25) is 0 Å². The normalized spacial score (nSPS) is 12.5. The first-order chi connectivity index (χ1) is 8.49. The third kappa shape index (κ3) is 2.55. The summed E-state index contributed by atoms with van der Waals surface area (Å²) in [5, 5.41) is 0.368. The second-order valence-electron chi connectivity index (χ2n) is 4.51. The van der Waals surface area contributed by atoms with Gasteiger partial charge in [-0.05, 0) is 42.7 Å². The monoisotopic (exact) mass is 263 g/mol. The van der Waals surface area contributed by atoms with Gasteiger partial charge in [-0.1, -0.05) is 41.4 Å². The summed E-state index contributed by atoms with van der Waals surface area (Å²) in [6.07, 6.45) is 0. The predicted octanol–water partition coefficient (Wildman–Crippen LogP) is 4.14. The molecule has 0 saturated carbocycles. The van der Waals surface area contributed by atoms with E-state index in [1.165, 1.54) is 6.07 Å². The second kappa shape index (κ2) is 5.09. The van der Waals surface area contributed by atoms with Crippen LogP contribution in [0.15, 0.2) is 36.4 Å². The summed E-state index contributed by atoms with van der Waals surface area (Å²) < 4.78 is 13.4. The lowest BCUT2D eigenvalue weighted by Gasteiger charge is -2.16. The molecule has 3 heteroatoms. The SMILES string of the molecule is Cc1cccc(C(N)c2cc(C)c(F)cc2Cl)c1. The summed E-state index contributed by atoms with van der Waals surface area (Å²) in [7, 11) is 0. The topological polar surface area (TPSA) is 26.0 Å². The molecule has 2 N–H and O–H groups in total. The molecule has 0 aliphatic rings. The Morgan fingerprint density at radius 2 is 1.89 bits per heavy atom. The van der Waals surface area contributed by atoms with Gasteiger partial charge >= 0.3 is 0 Å². The molecule has 0 aliphatic heterocycles. The number of halogens is 2. The molecule has 1 nitrogen and oxygen atoms in total. The maximum Gasteiger partial charge on any atom is 0.127 e. The summed E-state index contributed by atoms with van der Waals surface area (Å²) >= 11 is 6.07. The van der Waals surface area contributed by atoms with Crippen molar-refractivity contribution in [1.82, 2.24) is 0 Å². The number of aryl methyl sites for hydroxylation is 2. The molecule has 0 aromatic heterocycles. The first-order valence-corrected chi connectivity index (χ1v) is 6.14. The van der Waals surface area contributed by atoms with Crippen LogP contribution in [0, 0.1) is 19.7 Å². The molecule has 0 fully saturated rings. The van der Waals surface area contributed by atoms with Crippen LogP contribution < -0.4 is 5.73 Å². The van der Waals surface area contributed by atoms with Crippen molar-refractivity contribution >= 4 is 11.6 Å². The molecule has 1 atom stereocenters. The fourth-order valence-corrected chi connectivity index (χ4v) is 2.23. The molecule has 2 aromatic rings. The molecule has 0 saturated heterocycles. The van der Waals surface area contributed by atoms with Crippen LogP contribution >= 0.6 is 11.6 Å². The van der Waals surface area contributed by atoms with E-state index in [4.69, 9.17) is 17.3 Å². The van der Waals surface area contributed by atoms with Gasteiger partial charge in [-0.2, -0.15) is 0 Å². The van der Waals surface area contributed by atoms with E-state index in [0.717, 1.165) is 16.7 Å². The zero-order valence-corrected chi connectivity index (χ0v) is 11.1. The number of hydrogen-bond acceptors (Lipinski definition) is 1. The maximum absolute atomic E-state index is 13.4. The summed E-state index contributed by atoms with van der Waals surface area (Å²) in [5.41, 5.74) is 9.61. The average Bonchev–Trinajstić information content (AvgIpc) is 2.33. The molecule has 94 valence electrons. The lowest BCUT2D eigenvalue weighted by atomic mass is 9.97. The largest absolute Gasteiger partial charge is 0.320 e. The van der Waals surface area contributed by atoms with Crippen molar-refractivity contribution in [2.45, 2.75) is 19.9 Å². The molecule has 0 amide bonds. The summed E-state index contributed by atoms with van der Waals surface area (Å²) in [5.74, 6) is -0.305. The molecule has 0 radical (unpaired) electrons. The zero-order valence-electron chi connectivity index (χ0n) is 10.4. The number of hydrogen-bond donors (Lipinski definition) is 1. The Labute approximate surface area is 111 Å². The number of benzene rings is 2. The minimum atomic E-state index is -0.336. The zero-order chi connectivity index (χ0) is 13.3. The van der Waals surface area contributed by atoms with Crippen LogP contribution in [0.2, 0.25) is 5.02 Å². The standard InChI is InChI=1S/C15H15ClFN/c1-9-4-3-5-11(6-9)15(18)12-7-10(2)14(17)8-13(12)16/h3-8,15H,18H2,1-2H3. The van der Waals surface area contributed by atoms with Gasteiger partial charge in [0.25, 0.3) is 0 Å². The summed E-state index contributed by atoms with van der Waals surface area (Å²) in [4.78, 5) is 0. The van der Waals surface area contributed by atoms with E-state index < -0.39 is 0 Å². The number of nitrogens with two attached hydrogens (primary N) is 1. The Morgan fingerprint density at radius 1 is 1.17 bits per heavy atom. The van der Waals surface area contributed by atoms with E-state index in [9.17, 15) is 4.39 Å². The Bertz CT molecular complexity index is 581. The van der Waals surface area contributed by atoms with Crippen LogP contribution in [0.5, 0.6) is 0 Å². The highest BCUT2D eigenvalue weighted by Crippen LogP contribution is 2.29. The molecule has 1 unspecified atom stereocenters. The fourth-order valence-electron chi connectivity index (χ4n) is 1.96. The van der Waals surface area contributed by atoms with E-state index in [1.54, 1.807) is 13.0 Å². The second-order valence-corrected chi connectivity index (χ2v) is 4.92. The Balaban J connectivity index is 2.46. The molecule has 0 bridgehead atoms. The van der Waals surface area contributed by atoms with Gasteiger partial charge in [-0.25, -0.2) is 4.39 Å². The van der Waals surface area contributed by atoms with Crippen LogP contribution in [0.25, 0.3) is 0 Å². The van der Waals surface area contributed by atoms with Crippen molar-refractivity contribution in [2.24, 2.45) is 5.73 Å². The van der Waals surface area contributed by atoms with Crippen LogP contribution in [0.4, 0.5) is 4.39 Å². The summed E-state index contributed by atoms with van der Waals surface area (Å²) in [6, 6.07) is 10.6. The Morgan fingerprint density at radius 3 is 2.56 bits per heavy atom. The maximum atomic E-state index is 13.4. The van der Waals surface area contributed by atoms with Gasteiger partial charge in [0.2, 0.25) is 0 Å². The van der Waals surface area contributed by atoms with Gasteiger partial charge in [0.1, 0.15) is 5.82 Å². The highest BCUT2D eigenvalue weighted by atomic mass is 35.5. The molecule has 2 aromatic carbocycles. The minimum absolute atomic E-state index is 0.305. The van der Waals surface area contributed by atoms with E-state index in [1.807, 2.05) is 31.2 Å². The van der Waals surface area contributed by atoms with Crippen molar-refractivity contribution in [2.75, 3.05) is 0 Å². The van der Waals surface area contributed by atoms with Crippen molar-refractivity contribution in [3.05, 3.63) is 69.5 Å². The smallest absolute Gasteiger partial charge is 0.127 e. The predicted molar refractivity (Wildman–Crippen MR) is 73.4 cm³/mol. The summed E-state index contributed by atoms with van der Waals surface area (Å²) in [6.45, 7) is 3.71. The van der Waals surface area contributed by atoms with E-state index >= 15 is 0 Å². The third-order valence-electron chi connectivity index (χ3n) is 3.01. The molecule has 0 aliphatic carbocycles. The van der Waals surface area contributed by atoms with E-state index in [-0.39, 0.29) is 11.9 Å². The minimum Gasteiger partial charge on any atom is -0.320 e. The first-order valence-electron chi connectivity index (χ1n) is 5.76. The fraction of sp³-hybridized carbons (Fsp3) is 0.200. The lowest BCUT2D eigenvalue weighted by Crippen LogP contribution is -2.13. The van der Waals surface area contributed by atoms with Crippen molar-refractivity contribution in [1.29, 1.82) is 0 Å². The molecule has 0 spiro atoms. The van der Waals surface area contributed by atoms with E-state index in [2.05, 4.69) is 0 Å². The van der Waals surface area contributed by atoms with Crippen molar-refractivity contribution in [3.8, 4) is 0 Å². The van der Waals surface area contributed by atoms with Crippen molar-refractivity contribution in [3.63, 3.8) is 0 Å². The Kier molecular flexibility index (Phi) is 3.69. The van der Waals surface area contributed by atoms with Gasteiger partial charge in [0.15, 0.2) is 0 Å². The van der Waals surface area contributed by atoms with Gasteiger partial charge in [0.05, 0.1) is 6.04 Å². The van der Waals surface area contributed by atoms with E-state index in [0.29, 0.717) is 10.6 Å². The van der Waals surface area contributed by atoms with Crippen LogP contribution in [-0.4, -0.2) is 0 Å². The lowest BCUT2D eigenvalue weighted by molar-refractivity contribution is 0.617. The molecule has 2 rings (SSSR count). The van der Waals surface area contributed by atoms with Gasteiger partial charge < -0.3 is 5.73 Å². The van der Waals surface area contributed by atoms with Gasteiger partial charge in [-0.15, -0.1) is 0 Å². The van der Waals surface area contributed by atoms with Gasteiger partial charge in [0, 0.05) is 5.02 Å². The molecular formula is C15H15ClFN. The quantitative estimate of drug-likeness (QED) is 0.866. The van der Waals surface area contributed by atoms with Crippen LogP contribution in [-0.2, 0) is 0 Å². The molecule has 0 heterocycles. The first kappa shape index (κ1) is 13.1. The van der Waals surface area contributed by atoms with Crippen molar-refractivity contribution < 1.29 is 4.39 Å². The third-order valence-corrected chi connectivity index (χ3v) is 3.34.